The van der Waals surface area contributed by atoms with Gasteiger partial charge in [-0.3, -0.25) is 4.79 Å². The highest BCUT2D eigenvalue weighted by Crippen LogP contribution is 2.39. The topological polar surface area (TPSA) is 47.6 Å². The van der Waals surface area contributed by atoms with E-state index in [1.807, 2.05) is 18.2 Å². The van der Waals surface area contributed by atoms with Crippen LogP contribution >= 0.6 is 0 Å². The molecule has 2 aromatic carbocycles. The highest BCUT2D eigenvalue weighted by molar-refractivity contribution is 5.80. The van der Waals surface area contributed by atoms with E-state index in [9.17, 15) is 9.18 Å². The molecule has 4 nitrogen and oxygen atoms in total. The molecule has 1 fully saturated rings. The number of carbonyl (C=O) groups excluding carboxylic acids is 1. The van der Waals surface area contributed by atoms with Crippen LogP contribution in [0.1, 0.15) is 36.8 Å². The molecular weight excluding hydrogens is 321 g/mol. The molecule has 0 atom stereocenters. The number of amides is 1. The van der Waals surface area contributed by atoms with E-state index in [0.29, 0.717) is 11.5 Å². The van der Waals surface area contributed by atoms with Gasteiger partial charge in [0.15, 0.2) is 11.5 Å². The summed E-state index contributed by atoms with van der Waals surface area (Å²) in [6, 6.07) is 12.0. The number of rotatable bonds is 4. The molecule has 0 aromatic heterocycles. The van der Waals surface area contributed by atoms with Gasteiger partial charge in [0.25, 0.3) is 0 Å². The number of carbonyl (C=O) groups is 1. The molecule has 0 radical (unpaired) electrons. The average molecular weight is 341 g/mol. The summed E-state index contributed by atoms with van der Waals surface area (Å²) in [4.78, 5) is 12.7. The third-order valence-electron chi connectivity index (χ3n) is 5.03. The summed E-state index contributed by atoms with van der Waals surface area (Å²) in [6.07, 6.45) is 4.15. The largest absolute Gasteiger partial charge is 0.454 e. The standard InChI is InChI=1S/C20H20FNO3/c21-16-6-4-15(5-7-16)20(9-1-2-10-20)22-19(23)12-14-3-8-17-18(11-14)25-13-24-17/h3-8,11H,1-2,9-10,12-13H2,(H,22,23). The van der Waals surface area contributed by atoms with E-state index in [-0.39, 0.29) is 30.5 Å². The molecule has 0 unspecified atom stereocenters. The zero-order chi connectivity index (χ0) is 17.3. The fraction of sp³-hybridized carbons (Fsp3) is 0.350. The molecule has 4 rings (SSSR count). The van der Waals surface area contributed by atoms with E-state index in [2.05, 4.69) is 5.32 Å². The van der Waals surface area contributed by atoms with Crippen LogP contribution in [-0.4, -0.2) is 12.7 Å². The first-order valence-corrected chi connectivity index (χ1v) is 8.60. The fourth-order valence-corrected chi connectivity index (χ4v) is 3.78. The number of nitrogens with one attached hydrogen (secondary N) is 1. The van der Waals surface area contributed by atoms with Crippen molar-refractivity contribution in [2.75, 3.05) is 6.79 Å². The van der Waals surface area contributed by atoms with Crippen LogP contribution in [0.2, 0.25) is 0 Å². The third kappa shape index (κ3) is 3.18. The minimum Gasteiger partial charge on any atom is -0.454 e. The highest BCUT2D eigenvalue weighted by atomic mass is 19.1. The van der Waals surface area contributed by atoms with Crippen molar-refractivity contribution in [1.29, 1.82) is 0 Å². The minimum absolute atomic E-state index is 0.0370. The van der Waals surface area contributed by atoms with E-state index in [1.165, 1.54) is 12.1 Å². The smallest absolute Gasteiger partial charge is 0.231 e. The predicted molar refractivity (Wildman–Crippen MR) is 91.0 cm³/mol. The third-order valence-corrected chi connectivity index (χ3v) is 5.03. The van der Waals surface area contributed by atoms with Crippen LogP contribution in [0.4, 0.5) is 4.39 Å². The number of benzene rings is 2. The van der Waals surface area contributed by atoms with E-state index in [4.69, 9.17) is 9.47 Å². The second-order valence-corrected chi connectivity index (χ2v) is 6.71. The summed E-state index contributed by atoms with van der Waals surface area (Å²) < 4.78 is 23.9. The Morgan fingerprint density at radius 2 is 1.76 bits per heavy atom. The van der Waals surface area contributed by atoms with Crippen molar-refractivity contribution in [2.24, 2.45) is 0 Å². The van der Waals surface area contributed by atoms with Crippen molar-refractivity contribution in [2.45, 2.75) is 37.6 Å². The van der Waals surface area contributed by atoms with Gasteiger partial charge in [-0.15, -0.1) is 0 Å². The predicted octanol–water partition coefficient (Wildman–Crippen LogP) is 3.68. The van der Waals surface area contributed by atoms with Gasteiger partial charge in [0, 0.05) is 0 Å². The number of ether oxygens (including phenoxy) is 2. The molecule has 1 N–H and O–H groups in total. The molecule has 1 heterocycles. The summed E-state index contributed by atoms with van der Waals surface area (Å²) in [7, 11) is 0. The van der Waals surface area contributed by atoms with Crippen molar-refractivity contribution in [3.63, 3.8) is 0 Å². The molecule has 5 heteroatoms. The Kier molecular flexibility index (Phi) is 4.07. The first-order chi connectivity index (χ1) is 12.1. The van der Waals surface area contributed by atoms with Crippen LogP contribution < -0.4 is 14.8 Å². The zero-order valence-corrected chi connectivity index (χ0v) is 13.9. The number of hydrogen-bond donors (Lipinski definition) is 1. The molecule has 2 aliphatic rings. The van der Waals surface area contributed by atoms with Gasteiger partial charge < -0.3 is 14.8 Å². The second-order valence-electron chi connectivity index (χ2n) is 6.71. The van der Waals surface area contributed by atoms with Crippen LogP contribution in [0.15, 0.2) is 42.5 Å². The zero-order valence-electron chi connectivity index (χ0n) is 13.9. The molecule has 1 aliphatic carbocycles. The summed E-state index contributed by atoms with van der Waals surface area (Å²) in [5, 5.41) is 3.21. The summed E-state index contributed by atoms with van der Waals surface area (Å²) in [6.45, 7) is 0.221. The molecule has 0 saturated heterocycles. The molecule has 2 aromatic rings. The quantitative estimate of drug-likeness (QED) is 0.923. The monoisotopic (exact) mass is 341 g/mol. The summed E-state index contributed by atoms with van der Waals surface area (Å²) >= 11 is 0. The Morgan fingerprint density at radius 3 is 2.52 bits per heavy atom. The Labute approximate surface area is 146 Å². The Bertz CT molecular complexity index is 782. The van der Waals surface area contributed by atoms with Crippen LogP contribution in [-0.2, 0) is 16.8 Å². The molecule has 1 amide bonds. The van der Waals surface area contributed by atoms with Crippen molar-refractivity contribution in [3.8, 4) is 11.5 Å². The van der Waals surface area contributed by atoms with Crippen molar-refractivity contribution in [1.82, 2.24) is 5.32 Å². The molecule has 25 heavy (non-hydrogen) atoms. The Balaban J connectivity index is 1.50. The van der Waals surface area contributed by atoms with Crippen molar-refractivity contribution >= 4 is 5.91 Å². The van der Waals surface area contributed by atoms with Crippen molar-refractivity contribution in [3.05, 3.63) is 59.4 Å². The number of halogens is 1. The van der Waals surface area contributed by atoms with E-state index in [0.717, 1.165) is 36.8 Å². The maximum absolute atomic E-state index is 13.2. The molecule has 0 spiro atoms. The van der Waals surface area contributed by atoms with Gasteiger partial charge in [0.05, 0.1) is 12.0 Å². The minimum atomic E-state index is -0.388. The lowest BCUT2D eigenvalue weighted by Gasteiger charge is -2.31. The lowest BCUT2D eigenvalue weighted by Crippen LogP contribution is -2.44. The van der Waals surface area contributed by atoms with Gasteiger partial charge in [-0.05, 0) is 48.2 Å². The van der Waals surface area contributed by atoms with E-state index in [1.54, 1.807) is 12.1 Å². The Hall–Kier alpha value is -2.56. The fourth-order valence-electron chi connectivity index (χ4n) is 3.78. The first kappa shape index (κ1) is 15.9. The summed E-state index contributed by atoms with van der Waals surface area (Å²) in [5.41, 5.74) is 1.47. The Morgan fingerprint density at radius 1 is 1.04 bits per heavy atom. The SMILES string of the molecule is O=C(Cc1ccc2c(c1)OCO2)NC1(c2ccc(F)cc2)CCCC1. The van der Waals surface area contributed by atoms with Crippen LogP contribution in [0.3, 0.4) is 0 Å². The van der Waals surface area contributed by atoms with Gasteiger partial charge >= 0.3 is 0 Å². The van der Waals surface area contributed by atoms with Gasteiger partial charge in [-0.2, -0.15) is 0 Å². The van der Waals surface area contributed by atoms with Crippen LogP contribution in [0.25, 0.3) is 0 Å². The number of fused-ring (bicyclic) bond motifs is 1. The normalized spacial score (nSPS) is 17.5. The average Bonchev–Trinajstić information content (AvgIpc) is 3.25. The van der Waals surface area contributed by atoms with Crippen LogP contribution in [0, 0.1) is 5.82 Å². The lowest BCUT2D eigenvalue weighted by molar-refractivity contribution is -0.122. The van der Waals surface area contributed by atoms with E-state index >= 15 is 0 Å². The summed E-state index contributed by atoms with van der Waals surface area (Å²) in [5.74, 6) is 1.09. The molecule has 1 saturated carbocycles. The van der Waals surface area contributed by atoms with E-state index < -0.39 is 0 Å². The van der Waals surface area contributed by atoms with Gasteiger partial charge in [-0.25, -0.2) is 4.39 Å². The van der Waals surface area contributed by atoms with Crippen LogP contribution in [0.5, 0.6) is 11.5 Å². The lowest BCUT2D eigenvalue weighted by atomic mass is 9.87. The maximum Gasteiger partial charge on any atom is 0.231 e. The molecular formula is C20H20FNO3. The van der Waals surface area contributed by atoms with Gasteiger partial charge in [0.2, 0.25) is 12.7 Å². The molecule has 1 aliphatic heterocycles. The molecule has 130 valence electrons. The van der Waals surface area contributed by atoms with Crippen molar-refractivity contribution < 1.29 is 18.7 Å². The van der Waals surface area contributed by atoms with Gasteiger partial charge in [-0.1, -0.05) is 31.0 Å². The maximum atomic E-state index is 13.2. The number of hydrogen-bond acceptors (Lipinski definition) is 3. The van der Waals surface area contributed by atoms with Gasteiger partial charge in [0.1, 0.15) is 5.82 Å². The second kappa shape index (κ2) is 6.39. The highest BCUT2D eigenvalue weighted by Gasteiger charge is 2.37. The molecule has 0 bridgehead atoms. The first-order valence-electron chi connectivity index (χ1n) is 8.60.